The van der Waals surface area contributed by atoms with Crippen LogP contribution in [0.15, 0.2) is 60.8 Å². The number of nitrogens with zero attached hydrogens (tertiary/aromatic N) is 1. The second-order valence-corrected chi connectivity index (χ2v) is 8.99. The van der Waals surface area contributed by atoms with Gasteiger partial charge in [-0.25, -0.2) is 0 Å². The van der Waals surface area contributed by atoms with Gasteiger partial charge in [-0.05, 0) is 54.9 Å². The van der Waals surface area contributed by atoms with Crippen LogP contribution in [0, 0.1) is 5.92 Å². The molecule has 0 spiro atoms. The number of aromatic hydroxyl groups is 1. The first kappa shape index (κ1) is 20.6. The van der Waals surface area contributed by atoms with Gasteiger partial charge in [0.2, 0.25) is 0 Å². The Bertz CT molecular complexity index is 1080. The molecule has 164 valence electrons. The Morgan fingerprint density at radius 2 is 1.78 bits per heavy atom. The lowest BCUT2D eigenvalue weighted by molar-refractivity contribution is -0.108. The SMILES string of the molecule is O=CCC1CCCC(c2ccc(-c3ccc(C4Nc5cccc(O)c5N4)cn3)cc2)CC1. The van der Waals surface area contributed by atoms with Crippen LogP contribution in [0.4, 0.5) is 11.4 Å². The third kappa shape index (κ3) is 4.20. The van der Waals surface area contributed by atoms with E-state index in [0.29, 0.717) is 18.3 Å². The fourth-order valence-electron chi connectivity index (χ4n) is 5.07. The molecule has 1 saturated carbocycles. The Labute approximate surface area is 188 Å². The van der Waals surface area contributed by atoms with Crippen molar-refractivity contribution in [3.63, 3.8) is 0 Å². The number of aldehydes is 1. The maximum absolute atomic E-state index is 10.8. The Morgan fingerprint density at radius 3 is 2.53 bits per heavy atom. The third-order valence-corrected chi connectivity index (χ3v) is 6.95. The van der Waals surface area contributed by atoms with Crippen molar-refractivity contribution < 1.29 is 9.90 Å². The first-order chi connectivity index (χ1) is 15.7. The number of anilines is 2. The molecule has 3 N–H and O–H groups in total. The zero-order valence-electron chi connectivity index (χ0n) is 18.1. The summed E-state index contributed by atoms with van der Waals surface area (Å²) < 4.78 is 0. The Balaban J connectivity index is 1.25. The first-order valence-electron chi connectivity index (χ1n) is 11.6. The van der Waals surface area contributed by atoms with Gasteiger partial charge in [0.15, 0.2) is 0 Å². The van der Waals surface area contributed by atoms with Crippen LogP contribution in [0.3, 0.4) is 0 Å². The van der Waals surface area contributed by atoms with E-state index in [1.54, 1.807) is 6.07 Å². The molecule has 0 bridgehead atoms. The van der Waals surface area contributed by atoms with Crippen LogP contribution >= 0.6 is 0 Å². The maximum atomic E-state index is 10.8. The lowest BCUT2D eigenvalue weighted by atomic mass is 9.90. The van der Waals surface area contributed by atoms with Gasteiger partial charge >= 0.3 is 0 Å². The quantitative estimate of drug-likeness (QED) is 0.255. The number of rotatable bonds is 5. The Kier molecular flexibility index (Phi) is 5.80. The second kappa shape index (κ2) is 9.03. The number of aromatic nitrogens is 1. The molecule has 1 aliphatic heterocycles. The smallest absolute Gasteiger partial charge is 0.140 e. The fourth-order valence-corrected chi connectivity index (χ4v) is 5.07. The highest BCUT2D eigenvalue weighted by atomic mass is 16.3. The molecule has 1 aromatic heterocycles. The molecule has 5 rings (SSSR count). The average molecular weight is 428 g/mol. The maximum Gasteiger partial charge on any atom is 0.140 e. The van der Waals surface area contributed by atoms with Crippen molar-refractivity contribution in [3.8, 4) is 17.0 Å². The molecule has 1 aliphatic carbocycles. The molecule has 3 unspecified atom stereocenters. The average Bonchev–Trinajstić information content (AvgIpc) is 3.14. The van der Waals surface area contributed by atoms with Gasteiger partial charge in [0, 0.05) is 23.7 Å². The van der Waals surface area contributed by atoms with Crippen LogP contribution in [0.5, 0.6) is 5.75 Å². The van der Waals surface area contributed by atoms with Crippen LogP contribution in [0.25, 0.3) is 11.3 Å². The van der Waals surface area contributed by atoms with Gasteiger partial charge in [0.25, 0.3) is 0 Å². The van der Waals surface area contributed by atoms with Crippen LogP contribution < -0.4 is 10.6 Å². The molecule has 32 heavy (non-hydrogen) atoms. The van der Waals surface area contributed by atoms with Gasteiger partial charge in [-0.3, -0.25) is 4.98 Å². The number of phenols is 1. The zero-order chi connectivity index (χ0) is 21.9. The number of hydrogen-bond donors (Lipinski definition) is 3. The van der Waals surface area contributed by atoms with E-state index >= 15 is 0 Å². The van der Waals surface area contributed by atoms with Gasteiger partial charge in [-0.2, -0.15) is 0 Å². The summed E-state index contributed by atoms with van der Waals surface area (Å²) in [7, 11) is 0. The Hall–Kier alpha value is -3.34. The number of hydrogen-bond acceptors (Lipinski definition) is 5. The lowest BCUT2D eigenvalue weighted by Gasteiger charge is -2.16. The van der Waals surface area contributed by atoms with Crippen molar-refractivity contribution in [1.29, 1.82) is 0 Å². The molecule has 5 nitrogen and oxygen atoms in total. The van der Waals surface area contributed by atoms with Crippen molar-refractivity contribution in [3.05, 3.63) is 71.9 Å². The molecule has 2 aliphatic rings. The summed E-state index contributed by atoms with van der Waals surface area (Å²) in [6, 6.07) is 18.4. The molecule has 3 atom stereocenters. The van der Waals surface area contributed by atoms with Gasteiger partial charge in [-0.15, -0.1) is 0 Å². The summed E-state index contributed by atoms with van der Waals surface area (Å²) >= 11 is 0. The number of nitrogens with one attached hydrogen (secondary N) is 2. The van der Waals surface area contributed by atoms with E-state index in [1.165, 1.54) is 31.2 Å². The van der Waals surface area contributed by atoms with E-state index in [1.807, 2.05) is 24.4 Å². The van der Waals surface area contributed by atoms with E-state index < -0.39 is 0 Å². The lowest BCUT2D eigenvalue weighted by Crippen LogP contribution is -2.12. The number of phenolic OH excluding ortho intramolecular Hbond substituents is 1. The van der Waals surface area contributed by atoms with Crippen molar-refractivity contribution in [2.24, 2.45) is 5.92 Å². The number of fused-ring (bicyclic) bond motifs is 1. The van der Waals surface area contributed by atoms with E-state index in [-0.39, 0.29) is 11.9 Å². The molecule has 0 saturated heterocycles. The summed E-state index contributed by atoms with van der Waals surface area (Å²) in [6.07, 6.45) is 9.49. The van der Waals surface area contributed by atoms with Crippen molar-refractivity contribution >= 4 is 17.7 Å². The molecule has 1 fully saturated rings. The molecule has 0 radical (unpaired) electrons. The number of carbonyl (C=O) groups excluding carboxylic acids is 1. The predicted octanol–water partition coefficient (Wildman–Crippen LogP) is 6.24. The van der Waals surface area contributed by atoms with Gasteiger partial charge in [0.05, 0.1) is 11.4 Å². The highest BCUT2D eigenvalue weighted by molar-refractivity contribution is 5.80. The minimum absolute atomic E-state index is 0.111. The summed E-state index contributed by atoms with van der Waals surface area (Å²) in [5.74, 6) is 1.41. The molecule has 3 aromatic rings. The van der Waals surface area contributed by atoms with Crippen LogP contribution in [-0.2, 0) is 4.79 Å². The van der Waals surface area contributed by atoms with E-state index in [9.17, 15) is 9.90 Å². The van der Waals surface area contributed by atoms with Gasteiger partial charge < -0.3 is 20.5 Å². The first-order valence-corrected chi connectivity index (χ1v) is 11.6. The summed E-state index contributed by atoms with van der Waals surface area (Å²) in [5, 5.41) is 16.7. The minimum Gasteiger partial charge on any atom is -0.506 e. The zero-order valence-corrected chi connectivity index (χ0v) is 18.1. The van der Waals surface area contributed by atoms with E-state index in [0.717, 1.165) is 40.9 Å². The van der Waals surface area contributed by atoms with Crippen LogP contribution in [-0.4, -0.2) is 16.4 Å². The molecular weight excluding hydrogens is 398 g/mol. The summed E-state index contributed by atoms with van der Waals surface area (Å²) in [6.45, 7) is 0. The highest BCUT2D eigenvalue weighted by Crippen LogP contribution is 2.41. The normalized spacial score (nSPS) is 22.3. The molecule has 0 amide bonds. The van der Waals surface area contributed by atoms with E-state index in [2.05, 4.69) is 41.0 Å². The van der Waals surface area contributed by atoms with Gasteiger partial charge in [0.1, 0.15) is 23.9 Å². The molecule has 5 heteroatoms. The molecular formula is C27H29N3O2. The van der Waals surface area contributed by atoms with E-state index in [4.69, 9.17) is 4.98 Å². The van der Waals surface area contributed by atoms with Crippen molar-refractivity contribution in [1.82, 2.24) is 4.98 Å². The highest BCUT2D eigenvalue weighted by Gasteiger charge is 2.24. The number of carbonyl (C=O) groups is 1. The largest absolute Gasteiger partial charge is 0.506 e. The van der Waals surface area contributed by atoms with Crippen LogP contribution in [0.1, 0.15) is 61.7 Å². The number of pyridine rings is 1. The summed E-state index contributed by atoms with van der Waals surface area (Å²) in [4.78, 5) is 15.5. The molecule has 2 aromatic carbocycles. The van der Waals surface area contributed by atoms with Crippen molar-refractivity contribution in [2.45, 2.75) is 50.6 Å². The summed E-state index contributed by atoms with van der Waals surface area (Å²) in [5.41, 5.74) is 6.10. The monoisotopic (exact) mass is 427 g/mol. The minimum atomic E-state index is -0.111. The molecule has 2 heterocycles. The standard InChI is InChI=1S/C27H29N3O2/c31-16-15-18-3-1-4-19(8-7-18)20-9-11-21(12-10-20)23-14-13-22(17-28-23)27-29-24-5-2-6-25(32)26(24)30-27/h2,5-6,9-14,16-19,27,29-30,32H,1,3-4,7-8,15H2. The number of para-hydroxylation sites is 1. The topological polar surface area (TPSA) is 74.2 Å². The van der Waals surface area contributed by atoms with Crippen molar-refractivity contribution in [2.75, 3.05) is 10.6 Å². The predicted molar refractivity (Wildman–Crippen MR) is 128 cm³/mol. The fraction of sp³-hybridized carbons (Fsp3) is 0.333. The Morgan fingerprint density at radius 1 is 0.938 bits per heavy atom. The van der Waals surface area contributed by atoms with Gasteiger partial charge in [-0.1, -0.05) is 49.2 Å². The van der Waals surface area contributed by atoms with Crippen LogP contribution in [0.2, 0.25) is 0 Å². The second-order valence-electron chi connectivity index (χ2n) is 8.99. The third-order valence-electron chi connectivity index (χ3n) is 6.95. The number of benzene rings is 2.